The second-order valence-corrected chi connectivity index (χ2v) is 15.2. The first kappa shape index (κ1) is 31.6. The predicted molar refractivity (Wildman–Crippen MR) is 216 cm³/mol. The Morgan fingerprint density at radius 2 is 1.36 bits per heavy atom. The molecule has 0 unspecified atom stereocenters. The van der Waals surface area contributed by atoms with Gasteiger partial charge in [0.05, 0.1) is 22.1 Å². The maximum atomic E-state index is 8.08. The smallest absolute Gasteiger partial charge is 0.242 e. The Labute approximate surface area is 340 Å². The van der Waals surface area contributed by atoms with Crippen molar-refractivity contribution in [2.24, 2.45) is 6.98 Å². The second kappa shape index (κ2) is 12.9. The van der Waals surface area contributed by atoms with E-state index in [9.17, 15) is 0 Å². The monoisotopic (exact) mass is 896 g/mol. The van der Waals surface area contributed by atoms with E-state index in [1.165, 1.54) is 26.8 Å². The molecule has 6 heteroatoms. The zero-order valence-electron chi connectivity index (χ0n) is 33.8. The molecule has 0 saturated heterocycles. The molecule has 0 amide bonds. The van der Waals surface area contributed by atoms with Gasteiger partial charge in [-0.3, -0.25) is 0 Å². The van der Waals surface area contributed by atoms with Crippen molar-refractivity contribution in [2.75, 3.05) is 0 Å². The van der Waals surface area contributed by atoms with Crippen LogP contribution in [0.5, 0.6) is 11.5 Å². The van der Waals surface area contributed by atoms with Crippen LogP contribution in [0.1, 0.15) is 54.1 Å². The van der Waals surface area contributed by atoms with Crippen molar-refractivity contribution >= 4 is 32.8 Å². The van der Waals surface area contributed by atoms with Crippen LogP contribution in [0.4, 0.5) is 0 Å². The van der Waals surface area contributed by atoms with Crippen LogP contribution in [0.25, 0.3) is 55.5 Å². The molecule has 9 aromatic rings. The Balaban J connectivity index is 0.00000436. The number of pyridine rings is 1. The minimum Gasteiger partial charge on any atom is -0.510 e. The van der Waals surface area contributed by atoms with Crippen LogP contribution in [0.2, 0.25) is 0 Å². The molecule has 0 aliphatic heterocycles. The van der Waals surface area contributed by atoms with E-state index in [1.54, 1.807) is 10.6 Å². The number of aromatic nitrogens is 4. The van der Waals surface area contributed by atoms with E-state index in [1.807, 2.05) is 48.5 Å². The van der Waals surface area contributed by atoms with Gasteiger partial charge < -0.3 is 18.4 Å². The normalized spacial score (nSPS) is 15.1. The minimum absolute atomic E-state index is 0. The van der Waals surface area contributed by atoms with Gasteiger partial charge in [0.1, 0.15) is 5.82 Å². The summed E-state index contributed by atoms with van der Waals surface area (Å²) in [5.74, 6) is 1.78. The zero-order valence-corrected chi connectivity index (χ0v) is 33.1. The first-order valence-electron chi connectivity index (χ1n) is 19.7. The van der Waals surface area contributed by atoms with Crippen molar-refractivity contribution in [1.82, 2.24) is 14.1 Å². The molecule has 0 radical (unpaired) electrons. The Morgan fingerprint density at radius 3 is 2.16 bits per heavy atom. The van der Waals surface area contributed by atoms with Gasteiger partial charge in [-0.1, -0.05) is 130 Å². The number of benzene rings is 6. The van der Waals surface area contributed by atoms with Gasteiger partial charge in [-0.2, -0.15) is 18.2 Å². The molecule has 3 aromatic heterocycles. The Hall–Kier alpha value is -5.77. The number of hydrogen-bond donors (Lipinski definition) is 0. The number of para-hydroxylation sites is 2. The fourth-order valence-corrected chi connectivity index (χ4v) is 8.46. The van der Waals surface area contributed by atoms with Gasteiger partial charge in [-0.25, -0.2) is 4.98 Å². The topological polar surface area (TPSA) is 35.9 Å². The summed E-state index contributed by atoms with van der Waals surface area (Å²) in [6.07, 6.45) is 5.09. The van der Waals surface area contributed by atoms with E-state index in [-0.39, 0.29) is 31.9 Å². The molecule has 6 aromatic carbocycles. The van der Waals surface area contributed by atoms with Crippen molar-refractivity contribution in [3.63, 3.8) is 0 Å². The maximum absolute atomic E-state index is 8.08. The number of nitrogens with zero attached hydrogens (tertiary/aromatic N) is 4. The third kappa shape index (κ3) is 5.47. The first-order valence-corrected chi connectivity index (χ1v) is 18.2. The quantitative estimate of drug-likeness (QED) is 0.127. The molecule has 0 fully saturated rings. The standard InChI is InChI=1S/C49H38N4O.Pt/c1-48(2)39-18-9-10-19-40(39)49(3,4)42-30-50-47(29-41(42)48)53-43-25-22-33(32-14-7-6-8-15-32)26-38(43)37-24-23-36(28-46(37)53)54-35-17-13-16-34(27-35)52-31-51(5)44-20-11-12-21-45(44)52;/h6-26,29-30H,1-5H3;/q-2;/i5D3;. The predicted octanol–water partition coefficient (Wildman–Crippen LogP) is 10.8. The number of rotatable bonds is 5. The molecule has 0 bridgehead atoms. The molecule has 5 nitrogen and oxygen atoms in total. The molecule has 0 N–H and O–H groups in total. The summed E-state index contributed by atoms with van der Waals surface area (Å²) in [4.78, 5) is 5.20. The minimum atomic E-state index is -2.40. The summed E-state index contributed by atoms with van der Waals surface area (Å²) < 4.78 is 35.8. The molecule has 0 atom stereocenters. The van der Waals surface area contributed by atoms with Gasteiger partial charge in [0.25, 0.3) is 0 Å². The van der Waals surface area contributed by atoms with Gasteiger partial charge in [0, 0.05) is 55.1 Å². The summed E-state index contributed by atoms with van der Waals surface area (Å²) in [7, 11) is 0. The molecular weight excluding hydrogens is 856 g/mol. The van der Waals surface area contributed by atoms with E-state index >= 15 is 0 Å². The van der Waals surface area contributed by atoms with E-state index in [4.69, 9.17) is 13.8 Å². The summed E-state index contributed by atoms with van der Waals surface area (Å²) in [6.45, 7) is 6.80. The molecule has 55 heavy (non-hydrogen) atoms. The molecular formula is C49H38N4OPt-2. The van der Waals surface area contributed by atoms with E-state index in [0.29, 0.717) is 28.2 Å². The molecule has 0 spiro atoms. The molecule has 1 aliphatic carbocycles. The number of imidazole rings is 1. The Bertz CT molecular complexity index is 3050. The average Bonchev–Trinajstić information content (AvgIpc) is 3.77. The van der Waals surface area contributed by atoms with Gasteiger partial charge in [0.2, 0.25) is 6.33 Å². The van der Waals surface area contributed by atoms with Crippen molar-refractivity contribution in [3.8, 4) is 34.1 Å². The Kier molecular flexibility index (Phi) is 7.42. The number of aryl methyl sites for hydroxylation is 1. The van der Waals surface area contributed by atoms with Crippen LogP contribution < -0.4 is 9.30 Å². The van der Waals surface area contributed by atoms with Gasteiger partial charge in [-0.05, 0) is 50.9 Å². The van der Waals surface area contributed by atoms with Gasteiger partial charge >= 0.3 is 0 Å². The largest absolute Gasteiger partial charge is 0.510 e. The van der Waals surface area contributed by atoms with E-state index < -0.39 is 6.98 Å². The zero-order chi connectivity index (χ0) is 39.3. The van der Waals surface area contributed by atoms with E-state index in [2.05, 4.69) is 136 Å². The number of ether oxygens (including phenoxy) is 1. The second-order valence-electron chi connectivity index (χ2n) is 15.2. The van der Waals surface area contributed by atoms with Crippen LogP contribution in [0.3, 0.4) is 0 Å². The third-order valence-corrected chi connectivity index (χ3v) is 11.3. The first-order chi connectivity index (χ1) is 27.4. The van der Waals surface area contributed by atoms with Gasteiger partial charge in [-0.15, -0.1) is 29.7 Å². The molecule has 3 heterocycles. The number of fused-ring (bicyclic) bond motifs is 6. The van der Waals surface area contributed by atoms with Crippen LogP contribution in [-0.2, 0) is 38.9 Å². The fourth-order valence-electron chi connectivity index (χ4n) is 8.46. The van der Waals surface area contributed by atoms with Crippen molar-refractivity contribution in [1.29, 1.82) is 0 Å². The third-order valence-electron chi connectivity index (χ3n) is 11.3. The molecule has 272 valence electrons. The van der Waals surface area contributed by atoms with Crippen molar-refractivity contribution in [3.05, 3.63) is 180 Å². The summed E-state index contributed by atoms with van der Waals surface area (Å²) in [5, 5.41) is 2.12. The van der Waals surface area contributed by atoms with E-state index in [0.717, 1.165) is 38.8 Å². The van der Waals surface area contributed by atoms with Crippen LogP contribution in [0.15, 0.2) is 140 Å². The van der Waals surface area contributed by atoms with Crippen molar-refractivity contribution < 1.29 is 34.5 Å². The SMILES string of the molecule is [2H]C([2H])([2H])[n+]1[c-]n(-c2[c-]c(Oc3[c-]c4c(cc3)c3cc(-c5ccccc5)ccc3n4-c3cc4c(cn3)C(C)(C)c3ccccc3C4(C)C)ccc2)c2ccccc21.[Pt]. The van der Waals surface area contributed by atoms with Gasteiger partial charge in [0.15, 0.2) is 0 Å². The van der Waals surface area contributed by atoms with Crippen LogP contribution >= 0.6 is 0 Å². The summed E-state index contributed by atoms with van der Waals surface area (Å²) >= 11 is 0. The molecule has 0 saturated carbocycles. The molecule has 10 rings (SSSR count). The number of hydrogen-bond acceptors (Lipinski definition) is 2. The summed E-state index contributed by atoms with van der Waals surface area (Å²) in [6, 6.07) is 52.0. The molecule has 1 aliphatic rings. The average molecular weight is 897 g/mol. The van der Waals surface area contributed by atoms with Crippen molar-refractivity contribution in [2.45, 2.75) is 38.5 Å². The fraction of sp³-hybridized carbons (Fsp3) is 0.143. The van der Waals surface area contributed by atoms with Crippen LogP contribution in [-0.4, -0.2) is 14.1 Å². The summed E-state index contributed by atoms with van der Waals surface area (Å²) in [5.41, 5.74) is 10.6. The van der Waals surface area contributed by atoms with Crippen LogP contribution in [0, 0.1) is 18.5 Å². The Morgan fingerprint density at radius 1 is 0.636 bits per heavy atom. The maximum Gasteiger partial charge on any atom is 0.242 e.